The number of hydrogen-bond donors (Lipinski definition) is 0. The Bertz CT molecular complexity index is 1610. The first kappa shape index (κ1) is 38.5. The summed E-state index contributed by atoms with van der Waals surface area (Å²) in [6.07, 6.45) is -5.62. The van der Waals surface area contributed by atoms with Gasteiger partial charge < -0.3 is 0 Å². The molecule has 0 unspecified atom stereocenters. The minimum absolute atomic E-state index is 0.137. The molecular weight excluding hydrogens is 703 g/mol. The lowest BCUT2D eigenvalue weighted by Gasteiger charge is -2.44. The molecule has 0 N–H and O–H groups in total. The monoisotopic (exact) mass is 722 g/mol. The van der Waals surface area contributed by atoms with Crippen molar-refractivity contribution in [2.75, 3.05) is 0 Å². The lowest BCUT2D eigenvalue weighted by Crippen LogP contribution is -2.78. The normalized spacial score (nSPS) is 11.5. The highest BCUT2D eigenvalue weighted by molar-refractivity contribution is 7.20. The molecule has 0 aliphatic heterocycles. The minimum atomic E-state index is -5.62. The van der Waals surface area contributed by atoms with Crippen LogP contribution in [0.2, 0.25) is 18.1 Å². The summed E-state index contributed by atoms with van der Waals surface area (Å²) in [5.41, 5.74) is -9.06. The Labute approximate surface area is 263 Å². The molecule has 0 nitrogen and oxygen atoms in total. The van der Waals surface area contributed by atoms with Crippen molar-refractivity contribution in [1.82, 2.24) is 0 Å². The maximum absolute atomic E-state index is 15.3. The summed E-state index contributed by atoms with van der Waals surface area (Å²) in [6, 6.07) is 1.88. The average Bonchev–Trinajstić information content (AvgIpc) is 3.07. The lowest BCUT2D eigenvalue weighted by molar-refractivity contribution is 0.408. The molecule has 4 aromatic rings. The van der Waals surface area contributed by atoms with Crippen LogP contribution in [0.5, 0.6) is 0 Å². The number of hydrogen-bond acceptors (Lipinski definition) is 0. The van der Waals surface area contributed by atoms with E-state index in [-0.39, 0.29) is 8.80 Å². The maximum Gasteiger partial charge on any atom is 0.313 e. The van der Waals surface area contributed by atoms with Crippen molar-refractivity contribution in [2.45, 2.75) is 38.9 Å². The Morgan fingerprint density at radius 2 is 0.521 bits per heavy atom. The summed E-state index contributed by atoms with van der Waals surface area (Å²) in [6.45, 7) is 6.92. The van der Waals surface area contributed by atoms with Gasteiger partial charge >= 0.3 is 8.80 Å². The van der Waals surface area contributed by atoms with Crippen LogP contribution in [0.4, 0.5) is 70.2 Å². The van der Waals surface area contributed by atoms with E-state index in [9.17, 15) is 52.7 Å². The van der Waals surface area contributed by atoms with Crippen molar-refractivity contribution in [3.05, 3.63) is 117 Å². The van der Waals surface area contributed by atoms with Gasteiger partial charge in [0.2, 0.25) is 0 Å². The Morgan fingerprint density at radius 1 is 0.333 bits per heavy atom. The van der Waals surface area contributed by atoms with Gasteiger partial charge in [-0.05, 0) is 20.8 Å². The molecule has 0 aliphatic carbocycles. The Hall–Kier alpha value is -3.96. The van der Waals surface area contributed by atoms with E-state index >= 15 is 17.6 Å². The van der Waals surface area contributed by atoms with Crippen molar-refractivity contribution in [2.24, 2.45) is 0 Å². The van der Waals surface area contributed by atoms with Crippen LogP contribution in [0.1, 0.15) is 20.8 Å². The first-order valence-electron chi connectivity index (χ1n) is 13.7. The maximum atomic E-state index is 15.3. The van der Waals surface area contributed by atoms with Crippen molar-refractivity contribution in [1.29, 1.82) is 0 Å². The van der Waals surface area contributed by atoms with Crippen LogP contribution in [0.15, 0.2) is 24.3 Å². The van der Waals surface area contributed by atoms with Gasteiger partial charge in [0.05, 0.1) is 18.1 Å². The topological polar surface area (TPSA) is 0 Å². The average molecular weight is 722 g/mol. The van der Waals surface area contributed by atoms with Gasteiger partial charge in [0, 0.05) is 0 Å². The van der Waals surface area contributed by atoms with Crippen LogP contribution in [0.3, 0.4) is 0 Å². The van der Waals surface area contributed by atoms with E-state index in [2.05, 4.69) is 20.8 Å². The smallest absolute Gasteiger partial charge is 0.207 e. The van der Waals surface area contributed by atoms with Crippen molar-refractivity contribution >= 4 is 36.8 Å². The summed E-state index contributed by atoms with van der Waals surface area (Å²) < 4.78 is 232. The molecule has 4 aromatic carbocycles. The summed E-state index contributed by atoms with van der Waals surface area (Å²) in [5.74, 6) is -44.3. The SMILES string of the molecule is CC[Si+](CC)CC.Fc1cc([B-](c2cc(F)c(F)c(F)c2F)(c2cc(F)c(F)c(F)c2F)c2cc(F)c(F)c(F)c2F)c(F)c(F)c1F. The van der Waals surface area contributed by atoms with Crippen molar-refractivity contribution < 1.29 is 70.2 Å². The first-order valence-corrected chi connectivity index (χ1v) is 15.8. The third kappa shape index (κ3) is 6.30. The van der Waals surface area contributed by atoms with Crippen molar-refractivity contribution in [3.63, 3.8) is 0 Å². The second kappa shape index (κ2) is 14.7. The molecule has 0 saturated carbocycles. The van der Waals surface area contributed by atoms with Gasteiger partial charge in [0.1, 0.15) is 29.4 Å². The molecular formula is C30H19BF16Si. The highest BCUT2D eigenvalue weighted by Crippen LogP contribution is 2.26. The molecule has 0 bridgehead atoms. The van der Waals surface area contributed by atoms with E-state index in [0.717, 1.165) is 0 Å². The van der Waals surface area contributed by atoms with E-state index in [1.807, 2.05) is 0 Å². The molecule has 0 saturated heterocycles. The fourth-order valence-electron chi connectivity index (χ4n) is 5.38. The summed E-state index contributed by atoms with van der Waals surface area (Å²) in [4.78, 5) is 0. The number of rotatable bonds is 7. The molecule has 0 atom stereocenters. The van der Waals surface area contributed by atoms with Gasteiger partial charge in [-0.1, -0.05) is 24.3 Å². The standard InChI is InChI=1S/C24H4BF16.C6H15Si/c26-9-1-5(13(30)21(38)17(9)34)25(6-2-10(27)18(35)22(39)14(6)31,7-3-11(28)19(36)23(40)15(7)32)8-4-12(29)20(37)24(41)16(8)33;1-4-7(5-2)6-3/h1-4H;4-6H2,1-3H3/q-1;+1. The van der Waals surface area contributed by atoms with Gasteiger partial charge in [0.25, 0.3) is 0 Å². The molecule has 0 aliphatic rings. The second-order valence-corrected chi connectivity index (χ2v) is 13.9. The minimum Gasteiger partial charge on any atom is -0.207 e. The summed E-state index contributed by atoms with van der Waals surface area (Å²) >= 11 is 0. The van der Waals surface area contributed by atoms with E-state index in [0.29, 0.717) is 0 Å². The van der Waals surface area contributed by atoms with Gasteiger partial charge in [-0.2, -0.15) is 21.9 Å². The van der Waals surface area contributed by atoms with E-state index < -0.39 is 145 Å². The zero-order chi connectivity index (χ0) is 36.6. The number of benzene rings is 4. The summed E-state index contributed by atoms with van der Waals surface area (Å²) in [7, 11) is 0.137. The quantitative estimate of drug-likeness (QED) is 0.0791. The molecule has 0 aromatic heterocycles. The van der Waals surface area contributed by atoms with Gasteiger partial charge in [-0.15, -0.1) is 0 Å². The fourth-order valence-corrected chi connectivity index (χ4v) is 6.88. The van der Waals surface area contributed by atoms with Crippen LogP contribution in [0, 0.1) is 93.1 Å². The van der Waals surface area contributed by atoms with Crippen molar-refractivity contribution in [3.8, 4) is 0 Å². The second-order valence-electron chi connectivity index (χ2n) is 10.2. The molecule has 48 heavy (non-hydrogen) atoms. The predicted molar refractivity (Wildman–Crippen MR) is 147 cm³/mol. The van der Waals surface area contributed by atoms with E-state index in [1.54, 1.807) is 0 Å². The summed E-state index contributed by atoms with van der Waals surface area (Å²) in [5, 5.41) is 0. The van der Waals surface area contributed by atoms with Crippen LogP contribution in [-0.4, -0.2) is 14.9 Å². The largest absolute Gasteiger partial charge is 0.313 e. The van der Waals surface area contributed by atoms with E-state index in [1.165, 1.54) is 18.1 Å². The molecule has 0 radical (unpaired) electrons. The zero-order valence-electron chi connectivity index (χ0n) is 24.6. The first-order chi connectivity index (χ1) is 22.3. The van der Waals surface area contributed by atoms with E-state index in [4.69, 9.17) is 0 Å². The molecule has 0 fully saturated rings. The highest BCUT2D eigenvalue weighted by Gasteiger charge is 2.45. The van der Waals surface area contributed by atoms with Crippen LogP contribution in [-0.2, 0) is 0 Å². The molecule has 258 valence electrons. The molecule has 0 amide bonds. The molecule has 18 heteroatoms. The fraction of sp³-hybridized carbons (Fsp3) is 0.200. The predicted octanol–water partition coefficient (Wildman–Crippen LogP) is 7.83. The van der Waals surface area contributed by atoms with Crippen LogP contribution in [0.25, 0.3) is 0 Å². The van der Waals surface area contributed by atoms with Crippen LogP contribution < -0.4 is 21.9 Å². The molecule has 0 heterocycles. The third-order valence-corrected chi connectivity index (χ3v) is 10.9. The Morgan fingerprint density at radius 3 is 0.667 bits per heavy atom. The lowest BCUT2D eigenvalue weighted by atomic mass is 9.12. The molecule has 0 spiro atoms. The Balaban J connectivity index is 0.000000804. The Kier molecular flexibility index (Phi) is 11.8. The number of halogens is 16. The van der Waals surface area contributed by atoms with Gasteiger partial charge in [0.15, 0.2) is 69.8 Å². The molecule has 4 rings (SSSR count). The zero-order valence-corrected chi connectivity index (χ0v) is 25.6. The van der Waals surface area contributed by atoms with Crippen LogP contribution >= 0.6 is 0 Å². The third-order valence-electron chi connectivity index (χ3n) is 7.89. The van der Waals surface area contributed by atoms with Gasteiger partial charge in [-0.25, -0.2) is 70.2 Å². The highest BCUT2D eigenvalue weighted by atomic mass is 28.3. The van der Waals surface area contributed by atoms with Gasteiger partial charge in [-0.3, -0.25) is 0 Å².